The molecular formula is C20H19BrN2O2. The molecule has 128 valence electrons. The summed E-state index contributed by atoms with van der Waals surface area (Å²) in [6.07, 6.45) is 4.09. The number of methoxy groups -OCH3 is 1. The van der Waals surface area contributed by atoms with Crippen LogP contribution in [0.25, 0.3) is 5.69 Å². The van der Waals surface area contributed by atoms with Crippen LogP contribution in [0.3, 0.4) is 0 Å². The molecule has 0 radical (unpaired) electrons. The molecule has 4 nitrogen and oxygen atoms in total. The van der Waals surface area contributed by atoms with E-state index in [9.17, 15) is 0 Å². The first kappa shape index (κ1) is 16.2. The first-order valence-electron chi connectivity index (χ1n) is 8.21. The molecule has 0 N–H and O–H groups in total. The zero-order chi connectivity index (χ0) is 17.2. The normalized spacial score (nSPS) is 17.0. The van der Waals surface area contributed by atoms with Gasteiger partial charge in [-0.1, -0.05) is 34.1 Å². The maximum absolute atomic E-state index is 6.03. The van der Waals surface area contributed by atoms with Gasteiger partial charge in [0.15, 0.2) is 6.23 Å². The number of para-hydroxylation sites is 2. The van der Waals surface area contributed by atoms with Crippen molar-refractivity contribution in [3.63, 3.8) is 0 Å². The number of hydrogen-bond donors (Lipinski definition) is 0. The Balaban J connectivity index is 1.65. The van der Waals surface area contributed by atoms with Gasteiger partial charge in [-0.2, -0.15) is 0 Å². The summed E-state index contributed by atoms with van der Waals surface area (Å²) in [6, 6.07) is 18.4. The molecule has 1 aliphatic heterocycles. The van der Waals surface area contributed by atoms with Crippen molar-refractivity contribution >= 4 is 21.6 Å². The molecule has 4 rings (SSSR count). The van der Waals surface area contributed by atoms with E-state index in [1.54, 1.807) is 7.11 Å². The summed E-state index contributed by atoms with van der Waals surface area (Å²) in [5.41, 5.74) is 3.30. The second-order valence-electron chi connectivity index (χ2n) is 5.92. The average Bonchev–Trinajstić information content (AvgIpc) is 3.30. The number of aromatic nitrogens is 1. The first-order chi connectivity index (χ1) is 12.3. The fraction of sp³-hybridized carbons (Fsp3) is 0.200. The van der Waals surface area contributed by atoms with Crippen LogP contribution in [0.4, 0.5) is 5.69 Å². The summed E-state index contributed by atoms with van der Waals surface area (Å²) in [6.45, 7) is 1.54. The minimum Gasteiger partial charge on any atom is -0.495 e. The Hall–Kier alpha value is -2.24. The van der Waals surface area contributed by atoms with Gasteiger partial charge < -0.3 is 18.9 Å². The van der Waals surface area contributed by atoms with E-state index in [4.69, 9.17) is 9.47 Å². The van der Waals surface area contributed by atoms with Crippen LogP contribution in [0.15, 0.2) is 71.5 Å². The molecule has 2 aromatic carbocycles. The van der Waals surface area contributed by atoms with Gasteiger partial charge in [-0.3, -0.25) is 0 Å². The molecule has 2 heterocycles. The fourth-order valence-corrected chi connectivity index (χ4v) is 3.60. The number of halogens is 1. The van der Waals surface area contributed by atoms with E-state index in [0.29, 0.717) is 6.61 Å². The predicted molar refractivity (Wildman–Crippen MR) is 103 cm³/mol. The Kier molecular flexibility index (Phi) is 4.51. The van der Waals surface area contributed by atoms with Gasteiger partial charge in [0.25, 0.3) is 0 Å². The summed E-state index contributed by atoms with van der Waals surface area (Å²) in [7, 11) is 1.70. The molecule has 0 bridgehead atoms. The van der Waals surface area contributed by atoms with Crippen LogP contribution in [0.2, 0.25) is 0 Å². The van der Waals surface area contributed by atoms with Gasteiger partial charge in [0, 0.05) is 34.7 Å². The number of rotatable bonds is 4. The molecule has 1 fully saturated rings. The number of nitrogens with zero attached hydrogens (tertiary/aromatic N) is 2. The average molecular weight is 399 g/mol. The zero-order valence-corrected chi connectivity index (χ0v) is 15.5. The van der Waals surface area contributed by atoms with Crippen molar-refractivity contribution in [2.24, 2.45) is 0 Å². The minimum absolute atomic E-state index is 0.107. The van der Waals surface area contributed by atoms with E-state index in [0.717, 1.165) is 33.7 Å². The molecule has 3 aromatic rings. The van der Waals surface area contributed by atoms with Crippen LogP contribution >= 0.6 is 15.9 Å². The Morgan fingerprint density at radius 3 is 2.84 bits per heavy atom. The van der Waals surface area contributed by atoms with Crippen LogP contribution in [0.1, 0.15) is 11.8 Å². The van der Waals surface area contributed by atoms with E-state index >= 15 is 0 Å². The smallest absolute Gasteiger partial charge is 0.158 e. The molecule has 0 saturated carbocycles. The van der Waals surface area contributed by atoms with Crippen LogP contribution in [-0.4, -0.2) is 24.8 Å². The van der Waals surface area contributed by atoms with Crippen LogP contribution in [0.5, 0.6) is 5.75 Å². The largest absolute Gasteiger partial charge is 0.495 e. The third-order valence-electron chi connectivity index (χ3n) is 4.39. The summed E-state index contributed by atoms with van der Waals surface area (Å²) in [4.78, 5) is 2.25. The Labute approximate surface area is 155 Å². The number of hydrogen-bond acceptors (Lipinski definition) is 3. The lowest BCUT2D eigenvalue weighted by molar-refractivity contribution is 0.113. The van der Waals surface area contributed by atoms with Crippen molar-refractivity contribution in [3.8, 4) is 11.4 Å². The molecule has 1 atom stereocenters. The van der Waals surface area contributed by atoms with Crippen molar-refractivity contribution in [2.75, 3.05) is 25.2 Å². The molecule has 0 spiro atoms. The number of anilines is 1. The van der Waals surface area contributed by atoms with Gasteiger partial charge in [0.05, 0.1) is 19.4 Å². The number of benzene rings is 2. The monoisotopic (exact) mass is 398 g/mol. The van der Waals surface area contributed by atoms with Crippen molar-refractivity contribution in [1.29, 1.82) is 0 Å². The van der Waals surface area contributed by atoms with Gasteiger partial charge in [-0.25, -0.2) is 0 Å². The van der Waals surface area contributed by atoms with Gasteiger partial charge >= 0.3 is 0 Å². The second-order valence-corrected chi connectivity index (χ2v) is 6.84. The van der Waals surface area contributed by atoms with Crippen molar-refractivity contribution < 1.29 is 9.47 Å². The SMILES string of the molecule is COc1ccccc1N1CCO[C@H]1c1ccn(-c2cccc(Br)c2)c1. The highest BCUT2D eigenvalue weighted by molar-refractivity contribution is 9.10. The highest BCUT2D eigenvalue weighted by Crippen LogP contribution is 2.37. The van der Waals surface area contributed by atoms with Crippen LogP contribution in [0, 0.1) is 0 Å². The second kappa shape index (κ2) is 6.94. The summed E-state index contributed by atoms with van der Waals surface area (Å²) >= 11 is 3.53. The van der Waals surface area contributed by atoms with Crippen molar-refractivity contribution in [1.82, 2.24) is 4.57 Å². The zero-order valence-electron chi connectivity index (χ0n) is 13.9. The van der Waals surface area contributed by atoms with E-state index in [1.165, 1.54) is 0 Å². The maximum Gasteiger partial charge on any atom is 0.158 e. The summed E-state index contributed by atoms with van der Waals surface area (Å²) in [5.74, 6) is 0.865. The van der Waals surface area contributed by atoms with E-state index in [1.807, 2.05) is 30.3 Å². The third-order valence-corrected chi connectivity index (χ3v) is 4.89. The molecule has 1 saturated heterocycles. The Bertz CT molecular complexity index is 877. The molecule has 0 amide bonds. The minimum atomic E-state index is -0.107. The lowest BCUT2D eigenvalue weighted by Gasteiger charge is -2.26. The summed E-state index contributed by atoms with van der Waals surface area (Å²) < 4.78 is 14.7. The molecule has 25 heavy (non-hydrogen) atoms. The standard InChI is InChI=1S/C20H19BrN2O2/c1-24-19-8-3-2-7-18(19)23-11-12-25-20(23)15-9-10-22(14-15)17-6-4-5-16(21)13-17/h2-10,13-14,20H,11-12H2,1H3/t20-/m0/s1. The van der Waals surface area contributed by atoms with E-state index < -0.39 is 0 Å². The Morgan fingerprint density at radius 1 is 1.12 bits per heavy atom. The van der Waals surface area contributed by atoms with Gasteiger partial charge in [-0.05, 0) is 36.4 Å². The lowest BCUT2D eigenvalue weighted by Crippen LogP contribution is -2.23. The quantitative estimate of drug-likeness (QED) is 0.632. The lowest BCUT2D eigenvalue weighted by atomic mass is 10.2. The number of ether oxygens (including phenoxy) is 2. The highest BCUT2D eigenvalue weighted by Gasteiger charge is 2.29. The molecule has 0 aliphatic carbocycles. The van der Waals surface area contributed by atoms with Crippen LogP contribution < -0.4 is 9.64 Å². The third kappa shape index (κ3) is 3.17. The Morgan fingerprint density at radius 2 is 2.00 bits per heavy atom. The first-order valence-corrected chi connectivity index (χ1v) is 9.00. The summed E-state index contributed by atoms with van der Waals surface area (Å²) in [5, 5.41) is 0. The van der Waals surface area contributed by atoms with Crippen LogP contribution in [-0.2, 0) is 4.74 Å². The molecule has 0 unspecified atom stereocenters. The molecular weight excluding hydrogens is 380 g/mol. The van der Waals surface area contributed by atoms with E-state index in [-0.39, 0.29) is 6.23 Å². The highest BCUT2D eigenvalue weighted by atomic mass is 79.9. The topological polar surface area (TPSA) is 26.6 Å². The van der Waals surface area contributed by atoms with Crippen molar-refractivity contribution in [3.05, 3.63) is 77.0 Å². The predicted octanol–water partition coefficient (Wildman–Crippen LogP) is 4.78. The van der Waals surface area contributed by atoms with E-state index in [2.05, 4.69) is 62.1 Å². The molecule has 1 aliphatic rings. The fourth-order valence-electron chi connectivity index (χ4n) is 3.22. The van der Waals surface area contributed by atoms with Gasteiger partial charge in [0.1, 0.15) is 5.75 Å². The van der Waals surface area contributed by atoms with Crippen molar-refractivity contribution in [2.45, 2.75) is 6.23 Å². The van der Waals surface area contributed by atoms with Gasteiger partial charge in [-0.15, -0.1) is 0 Å². The maximum atomic E-state index is 6.03. The van der Waals surface area contributed by atoms with Gasteiger partial charge in [0.2, 0.25) is 0 Å². The molecule has 5 heteroatoms. The molecule has 1 aromatic heterocycles.